The molecule has 1 atom stereocenters. The minimum atomic E-state index is -0.757. The molecular formula is C41H78O6. The van der Waals surface area contributed by atoms with Gasteiger partial charge in [-0.05, 0) is 25.2 Å². The van der Waals surface area contributed by atoms with Crippen molar-refractivity contribution >= 4 is 17.9 Å². The Morgan fingerprint density at radius 1 is 0.404 bits per heavy atom. The van der Waals surface area contributed by atoms with E-state index in [4.69, 9.17) is 14.2 Å². The molecule has 0 fully saturated rings. The van der Waals surface area contributed by atoms with Gasteiger partial charge in [-0.25, -0.2) is 0 Å². The van der Waals surface area contributed by atoms with Crippen molar-refractivity contribution in [1.82, 2.24) is 0 Å². The monoisotopic (exact) mass is 667 g/mol. The summed E-state index contributed by atoms with van der Waals surface area (Å²) < 4.78 is 16.6. The van der Waals surface area contributed by atoms with Crippen LogP contribution in [-0.4, -0.2) is 37.2 Å². The Hall–Kier alpha value is -1.59. The molecule has 47 heavy (non-hydrogen) atoms. The second-order valence-electron chi connectivity index (χ2n) is 14.4. The van der Waals surface area contributed by atoms with Gasteiger partial charge in [-0.2, -0.15) is 0 Å². The fourth-order valence-electron chi connectivity index (χ4n) is 5.92. The van der Waals surface area contributed by atoms with Gasteiger partial charge in [0.05, 0.1) is 0 Å². The summed E-state index contributed by atoms with van der Waals surface area (Å²) in [6.07, 6.45) is 32.4. The molecule has 0 N–H and O–H groups in total. The number of rotatable bonds is 36. The third-order valence-electron chi connectivity index (χ3n) is 9.04. The first-order chi connectivity index (χ1) is 22.9. The van der Waals surface area contributed by atoms with E-state index >= 15 is 0 Å². The Labute approximate surface area is 291 Å². The smallest absolute Gasteiger partial charge is 0.306 e. The Morgan fingerprint density at radius 3 is 1.04 bits per heavy atom. The summed E-state index contributed by atoms with van der Waals surface area (Å²) in [5.74, 6) is -0.0638. The molecule has 6 nitrogen and oxygen atoms in total. The van der Waals surface area contributed by atoms with Gasteiger partial charge in [-0.3, -0.25) is 14.4 Å². The largest absolute Gasteiger partial charge is 0.462 e. The number of hydrogen-bond donors (Lipinski definition) is 0. The van der Waals surface area contributed by atoms with Crippen molar-refractivity contribution in [1.29, 1.82) is 0 Å². The molecule has 0 spiro atoms. The van der Waals surface area contributed by atoms with Crippen molar-refractivity contribution in [2.75, 3.05) is 13.2 Å². The van der Waals surface area contributed by atoms with E-state index in [0.29, 0.717) is 19.3 Å². The molecule has 0 amide bonds. The average Bonchev–Trinajstić information content (AvgIpc) is 3.05. The fourth-order valence-corrected chi connectivity index (χ4v) is 5.92. The Bertz CT molecular complexity index is 706. The quantitative estimate of drug-likeness (QED) is 0.0376. The molecule has 278 valence electrons. The Morgan fingerprint density at radius 2 is 0.702 bits per heavy atom. The first kappa shape index (κ1) is 45.4. The molecule has 6 heteroatoms. The van der Waals surface area contributed by atoms with Gasteiger partial charge in [0, 0.05) is 19.3 Å². The minimum Gasteiger partial charge on any atom is -0.462 e. The zero-order valence-corrected chi connectivity index (χ0v) is 31.7. The highest BCUT2D eigenvalue weighted by molar-refractivity contribution is 5.71. The van der Waals surface area contributed by atoms with E-state index in [0.717, 1.165) is 63.7 Å². The zero-order chi connectivity index (χ0) is 34.6. The van der Waals surface area contributed by atoms with Crippen molar-refractivity contribution in [3.8, 4) is 0 Å². The van der Waals surface area contributed by atoms with Crippen molar-refractivity contribution in [2.24, 2.45) is 5.92 Å². The van der Waals surface area contributed by atoms with E-state index < -0.39 is 6.10 Å². The average molecular weight is 667 g/mol. The molecule has 0 heterocycles. The number of ether oxygens (including phenoxy) is 3. The predicted octanol–water partition coefficient (Wildman–Crippen LogP) is 12.4. The molecule has 0 bridgehead atoms. The van der Waals surface area contributed by atoms with Gasteiger partial charge in [-0.15, -0.1) is 0 Å². The van der Waals surface area contributed by atoms with Crippen LogP contribution in [0, 0.1) is 5.92 Å². The number of hydrogen-bond acceptors (Lipinski definition) is 6. The summed E-state index contributed by atoms with van der Waals surface area (Å²) in [5, 5.41) is 0. The Balaban J connectivity index is 4.32. The van der Waals surface area contributed by atoms with Crippen LogP contribution in [-0.2, 0) is 28.6 Å². The van der Waals surface area contributed by atoms with Crippen molar-refractivity contribution in [2.45, 2.75) is 226 Å². The predicted molar refractivity (Wildman–Crippen MR) is 196 cm³/mol. The van der Waals surface area contributed by atoms with E-state index in [9.17, 15) is 14.4 Å². The maximum atomic E-state index is 12.6. The van der Waals surface area contributed by atoms with Gasteiger partial charge in [-0.1, -0.05) is 182 Å². The molecule has 0 aliphatic rings. The maximum Gasteiger partial charge on any atom is 0.306 e. The second kappa shape index (κ2) is 35.7. The van der Waals surface area contributed by atoms with E-state index in [1.54, 1.807) is 0 Å². The summed E-state index contributed by atoms with van der Waals surface area (Å²) in [5.41, 5.74) is 0. The maximum absolute atomic E-state index is 12.6. The van der Waals surface area contributed by atoms with Crippen molar-refractivity contribution in [3.05, 3.63) is 0 Å². The fraction of sp³-hybridized carbons (Fsp3) is 0.927. The SMILES string of the molecule is CCCCCCCCCCCCC(=O)OC[C@H](COC(=O)CCCCCCCCC)OC(=O)CCCCCCCCCCCC(C)C. The second-order valence-corrected chi connectivity index (χ2v) is 14.4. The lowest BCUT2D eigenvalue weighted by Gasteiger charge is -2.18. The number of unbranched alkanes of at least 4 members (excludes halogenated alkanes) is 23. The molecule has 0 aliphatic heterocycles. The van der Waals surface area contributed by atoms with Gasteiger partial charge >= 0.3 is 17.9 Å². The highest BCUT2D eigenvalue weighted by Crippen LogP contribution is 2.15. The lowest BCUT2D eigenvalue weighted by molar-refractivity contribution is -0.167. The molecule has 0 aromatic heterocycles. The molecule has 0 saturated carbocycles. The third-order valence-corrected chi connectivity index (χ3v) is 9.04. The summed E-state index contributed by atoms with van der Waals surface area (Å²) in [6, 6.07) is 0. The number of esters is 3. The van der Waals surface area contributed by atoms with E-state index in [1.807, 2.05) is 0 Å². The zero-order valence-electron chi connectivity index (χ0n) is 31.7. The third kappa shape index (κ3) is 35.5. The van der Waals surface area contributed by atoms with Crippen molar-refractivity contribution in [3.63, 3.8) is 0 Å². The molecule has 0 aromatic rings. The van der Waals surface area contributed by atoms with Crippen LogP contribution in [0.5, 0.6) is 0 Å². The van der Waals surface area contributed by atoms with Crippen LogP contribution in [0.2, 0.25) is 0 Å². The Kier molecular flexibility index (Phi) is 34.5. The lowest BCUT2D eigenvalue weighted by Crippen LogP contribution is -2.30. The van der Waals surface area contributed by atoms with Gasteiger partial charge < -0.3 is 14.2 Å². The number of carbonyl (C=O) groups excluding carboxylic acids is 3. The molecule has 0 aliphatic carbocycles. The van der Waals surface area contributed by atoms with E-state index in [-0.39, 0.29) is 31.1 Å². The normalized spacial score (nSPS) is 11.9. The summed E-state index contributed by atoms with van der Waals surface area (Å²) in [7, 11) is 0. The lowest BCUT2D eigenvalue weighted by atomic mass is 10.0. The first-order valence-electron chi connectivity index (χ1n) is 20.4. The van der Waals surface area contributed by atoms with Crippen LogP contribution in [0.4, 0.5) is 0 Å². The van der Waals surface area contributed by atoms with Crippen LogP contribution in [0.3, 0.4) is 0 Å². The first-order valence-corrected chi connectivity index (χ1v) is 20.4. The topological polar surface area (TPSA) is 78.9 Å². The summed E-state index contributed by atoms with van der Waals surface area (Å²) in [4.78, 5) is 37.4. The minimum absolute atomic E-state index is 0.0653. The highest BCUT2D eigenvalue weighted by Gasteiger charge is 2.19. The standard InChI is InChI=1S/C41H78O6/c1-5-7-9-11-13-14-17-21-25-29-33-40(43)46-36-38(35-45-39(42)32-28-24-19-12-10-8-6-2)47-41(44)34-30-26-22-18-15-16-20-23-27-31-37(3)4/h37-38H,5-36H2,1-4H3/t38-/m0/s1. The highest BCUT2D eigenvalue weighted by atomic mass is 16.6. The van der Waals surface area contributed by atoms with Crippen LogP contribution in [0.15, 0.2) is 0 Å². The molecule has 0 radical (unpaired) electrons. The van der Waals surface area contributed by atoms with Gasteiger partial charge in [0.2, 0.25) is 0 Å². The van der Waals surface area contributed by atoms with Crippen LogP contribution < -0.4 is 0 Å². The molecule has 0 saturated heterocycles. The molecule has 0 unspecified atom stereocenters. The van der Waals surface area contributed by atoms with E-state index in [2.05, 4.69) is 27.7 Å². The van der Waals surface area contributed by atoms with Crippen molar-refractivity contribution < 1.29 is 28.6 Å². The van der Waals surface area contributed by atoms with Crippen LogP contribution >= 0.6 is 0 Å². The molecular weight excluding hydrogens is 588 g/mol. The van der Waals surface area contributed by atoms with E-state index in [1.165, 1.54) is 116 Å². The van der Waals surface area contributed by atoms with Gasteiger partial charge in [0.25, 0.3) is 0 Å². The molecule has 0 rings (SSSR count). The summed E-state index contributed by atoms with van der Waals surface area (Å²) >= 11 is 0. The van der Waals surface area contributed by atoms with Gasteiger partial charge in [0.1, 0.15) is 13.2 Å². The summed E-state index contributed by atoms with van der Waals surface area (Å²) in [6.45, 7) is 8.90. The van der Waals surface area contributed by atoms with Crippen LogP contribution in [0.1, 0.15) is 220 Å². The van der Waals surface area contributed by atoms with Crippen LogP contribution in [0.25, 0.3) is 0 Å². The molecule has 0 aromatic carbocycles. The number of carbonyl (C=O) groups is 3. The van der Waals surface area contributed by atoms with Gasteiger partial charge in [0.15, 0.2) is 6.10 Å².